The zero-order valence-corrected chi connectivity index (χ0v) is 12.5. The van der Waals surface area contributed by atoms with E-state index in [1.54, 1.807) is 0 Å². The fourth-order valence-corrected chi connectivity index (χ4v) is 2.35. The van der Waals surface area contributed by atoms with Gasteiger partial charge < -0.3 is 20.5 Å². The van der Waals surface area contributed by atoms with Gasteiger partial charge in [0.05, 0.1) is 11.4 Å². The number of rotatable bonds is 4. The van der Waals surface area contributed by atoms with E-state index in [0.29, 0.717) is 19.0 Å². The first kappa shape index (κ1) is 13.6. The van der Waals surface area contributed by atoms with Gasteiger partial charge in [0, 0.05) is 12.6 Å². The van der Waals surface area contributed by atoms with Crippen molar-refractivity contribution in [3.05, 3.63) is 29.5 Å². The van der Waals surface area contributed by atoms with Crippen LogP contribution in [0, 0.1) is 6.92 Å². The molecule has 0 fully saturated rings. The Morgan fingerprint density at radius 1 is 1.33 bits per heavy atom. The van der Waals surface area contributed by atoms with Crippen molar-refractivity contribution in [2.45, 2.75) is 33.4 Å². The minimum absolute atomic E-state index is 0.250. The molecule has 0 bridgehead atoms. The van der Waals surface area contributed by atoms with Crippen molar-refractivity contribution in [3.8, 4) is 11.5 Å². The van der Waals surface area contributed by atoms with Crippen LogP contribution in [-0.2, 0) is 6.54 Å². The van der Waals surface area contributed by atoms with Gasteiger partial charge in [-0.25, -0.2) is 4.68 Å². The molecule has 1 aliphatic heterocycles. The molecule has 3 N–H and O–H groups in total. The summed E-state index contributed by atoms with van der Waals surface area (Å²) in [6, 6.07) is 6.17. The average molecular weight is 288 g/mol. The molecule has 3 rings (SSSR count). The van der Waals surface area contributed by atoms with E-state index in [1.807, 2.05) is 29.8 Å². The standard InChI is InChI=1S/C15H20N4O2/c1-9(2)19-15(14(16)10(3)18-19)17-7-11-4-5-12-13(6-11)21-8-20-12/h4-6,9,17H,7-8,16H2,1-3H3. The highest BCUT2D eigenvalue weighted by molar-refractivity contribution is 5.65. The van der Waals surface area contributed by atoms with Crippen LogP contribution in [0.1, 0.15) is 31.1 Å². The van der Waals surface area contributed by atoms with Gasteiger partial charge in [-0.15, -0.1) is 0 Å². The van der Waals surface area contributed by atoms with Crippen LogP contribution in [0.3, 0.4) is 0 Å². The third-order valence-electron chi connectivity index (χ3n) is 3.52. The first-order chi connectivity index (χ1) is 10.1. The number of anilines is 2. The first-order valence-corrected chi connectivity index (χ1v) is 7.03. The van der Waals surface area contributed by atoms with Crippen LogP contribution in [0.2, 0.25) is 0 Å². The van der Waals surface area contributed by atoms with Crippen molar-refractivity contribution in [2.75, 3.05) is 17.8 Å². The molecule has 21 heavy (non-hydrogen) atoms. The molecule has 0 saturated carbocycles. The van der Waals surface area contributed by atoms with Crippen molar-refractivity contribution in [1.29, 1.82) is 0 Å². The number of ether oxygens (including phenoxy) is 2. The van der Waals surface area contributed by atoms with E-state index in [4.69, 9.17) is 15.2 Å². The van der Waals surface area contributed by atoms with Crippen LogP contribution in [-0.4, -0.2) is 16.6 Å². The van der Waals surface area contributed by atoms with E-state index in [0.717, 1.165) is 28.6 Å². The molecule has 6 heteroatoms. The van der Waals surface area contributed by atoms with Crippen LogP contribution in [0.5, 0.6) is 11.5 Å². The normalized spacial score (nSPS) is 13.0. The Hall–Kier alpha value is -2.37. The molecule has 1 aromatic carbocycles. The van der Waals surface area contributed by atoms with E-state index in [-0.39, 0.29) is 6.04 Å². The van der Waals surface area contributed by atoms with Crippen molar-refractivity contribution in [3.63, 3.8) is 0 Å². The number of aryl methyl sites for hydroxylation is 1. The Kier molecular flexibility index (Phi) is 3.37. The fraction of sp³-hybridized carbons (Fsp3) is 0.400. The zero-order chi connectivity index (χ0) is 15.0. The molecule has 0 aliphatic carbocycles. The van der Waals surface area contributed by atoms with Crippen molar-refractivity contribution in [1.82, 2.24) is 9.78 Å². The highest BCUT2D eigenvalue weighted by Gasteiger charge is 2.16. The lowest BCUT2D eigenvalue weighted by atomic mass is 10.2. The molecule has 112 valence electrons. The third kappa shape index (κ3) is 2.49. The number of benzene rings is 1. The van der Waals surface area contributed by atoms with Crippen LogP contribution in [0.4, 0.5) is 11.5 Å². The fourth-order valence-electron chi connectivity index (χ4n) is 2.35. The van der Waals surface area contributed by atoms with Gasteiger partial charge in [0.2, 0.25) is 6.79 Å². The smallest absolute Gasteiger partial charge is 0.231 e. The Balaban J connectivity index is 1.79. The Morgan fingerprint density at radius 2 is 2.10 bits per heavy atom. The van der Waals surface area contributed by atoms with E-state index in [1.165, 1.54) is 0 Å². The molecular weight excluding hydrogens is 268 g/mol. The number of aromatic nitrogens is 2. The summed E-state index contributed by atoms with van der Waals surface area (Å²) in [6.45, 7) is 7.02. The van der Waals surface area contributed by atoms with Gasteiger partial charge in [0.15, 0.2) is 11.5 Å². The Bertz CT molecular complexity index is 664. The molecule has 0 atom stereocenters. The number of nitrogens with one attached hydrogen (secondary N) is 1. The van der Waals surface area contributed by atoms with Gasteiger partial charge in [-0.3, -0.25) is 0 Å². The summed E-state index contributed by atoms with van der Waals surface area (Å²) in [7, 11) is 0. The summed E-state index contributed by atoms with van der Waals surface area (Å²) in [5.41, 5.74) is 8.75. The van der Waals surface area contributed by atoms with E-state index < -0.39 is 0 Å². The molecule has 2 aromatic rings. The number of nitrogens with two attached hydrogens (primary N) is 1. The molecule has 0 unspecified atom stereocenters. The maximum Gasteiger partial charge on any atom is 0.231 e. The van der Waals surface area contributed by atoms with Crippen LogP contribution in [0.25, 0.3) is 0 Å². The van der Waals surface area contributed by atoms with E-state index in [9.17, 15) is 0 Å². The van der Waals surface area contributed by atoms with Gasteiger partial charge in [-0.1, -0.05) is 6.07 Å². The molecule has 1 aliphatic rings. The SMILES string of the molecule is Cc1nn(C(C)C)c(NCc2ccc3c(c2)OCO3)c1N. The Labute approximate surface area is 123 Å². The van der Waals surface area contributed by atoms with Crippen molar-refractivity contribution in [2.24, 2.45) is 0 Å². The maximum absolute atomic E-state index is 6.11. The van der Waals surface area contributed by atoms with E-state index in [2.05, 4.69) is 24.3 Å². The predicted molar refractivity (Wildman–Crippen MR) is 81.7 cm³/mol. The van der Waals surface area contributed by atoms with Crippen LogP contribution in [0.15, 0.2) is 18.2 Å². The van der Waals surface area contributed by atoms with Crippen molar-refractivity contribution >= 4 is 11.5 Å². The molecule has 1 aromatic heterocycles. The zero-order valence-electron chi connectivity index (χ0n) is 12.5. The summed E-state index contributed by atoms with van der Waals surface area (Å²) < 4.78 is 12.6. The minimum atomic E-state index is 0.250. The molecule has 0 amide bonds. The quantitative estimate of drug-likeness (QED) is 0.904. The third-order valence-corrected chi connectivity index (χ3v) is 3.52. The summed E-state index contributed by atoms with van der Waals surface area (Å²) in [4.78, 5) is 0. The lowest BCUT2D eigenvalue weighted by Gasteiger charge is -2.13. The summed E-state index contributed by atoms with van der Waals surface area (Å²) in [5.74, 6) is 2.44. The largest absolute Gasteiger partial charge is 0.454 e. The van der Waals surface area contributed by atoms with Gasteiger partial charge in [-0.2, -0.15) is 5.10 Å². The molecule has 6 nitrogen and oxygen atoms in total. The highest BCUT2D eigenvalue weighted by atomic mass is 16.7. The highest BCUT2D eigenvalue weighted by Crippen LogP contribution is 2.33. The second-order valence-electron chi connectivity index (χ2n) is 5.43. The predicted octanol–water partition coefficient (Wildman–Crippen LogP) is 2.70. The molecular formula is C15H20N4O2. The summed E-state index contributed by atoms with van der Waals surface area (Å²) in [5, 5.41) is 7.83. The number of nitrogen functional groups attached to an aromatic ring is 1. The lowest BCUT2D eigenvalue weighted by Crippen LogP contribution is -2.11. The van der Waals surface area contributed by atoms with Gasteiger partial charge in [0.1, 0.15) is 5.82 Å². The molecule has 0 radical (unpaired) electrons. The van der Waals surface area contributed by atoms with Gasteiger partial charge >= 0.3 is 0 Å². The molecule has 0 saturated heterocycles. The first-order valence-electron chi connectivity index (χ1n) is 7.03. The molecule has 0 spiro atoms. The average Bonchev–Trinajstić information content (AvgIpc) is 3.02. The van der Waals surface area contributed by atoms with E-state index >= 15 is 0 Å². The van der Waals surface area contributed by atoms with Crippen molar-refractivity contribution < 1.29 is 9.47 Å². The second kappa shape index (κ2) is 5.20. The lowest BCUT2D eigenvalue weighted by molar-refractivity contribution is 0.174. The topological polar surface area (TPSA) is 74.3 Å². The van der Waals surface area contributed by atoms with Gasteiger partial charge in [-0.05, 0) is 38.5 Å². The van der Waals surface area contributed by atoms with Crippen LogP contribution >= 0.6 is 0 Å². The second-order valence-corrected chi connectivity index (χ2v) is 5.43. The minimum Gasteiger partial charge on any atom is -0.454 e. The molecule has 2 heterocycles. The summed E-state index contributed by atoms with van der Waals surface area (Å²) >= 11 is 0. The Morgan fingerprint density at radius 3 is 2.86 bits per heavy atom. The number of hydrogen-bond donors (Lipinski definition) is 2. The number of fused-ring (bicyclic) bond motifs is 1. The monoisotopic (exact) mass is 288 g/mol. The number of hydrogen-bond acceptors (Lipinski definition) is 5. The summed E-state index contributed by atoms with van der Waals surface area (Å²) in [6.07, 6.45) is 0. The van der Waals surface area contributed by atoms with Gasteiger partial charge in [0.25, 0.3) is 0 Å². The number of nitrogens with zero attached hydrogens (tertiary/aromatic N) is 2. The maximum atomic E-state index is 6.11. The van der Waals surface area contributed by atoms with Crippen LogP contribution < -0.4 is 20.5 Å².